The summed E-state index contributed by atoms with van der Waals surface area (Å²) < 4.78 is 11.7. The molecule has 3 nitrogen and oxygen atoms in total. The predicted molar refractivity (Wildman–Crippen MR) is 64.1 cm³/mol. The monoisotopic (exact) mass is 234 g/mol. The molecule has 2 heterocycles. The molecule has 3 rings (SSSR count). The van der Waals surface area contributed by atoms with Gasteiger partial charge in [-0.2, -0.15) is 0 Å². The minimum Gasteiger partial charge on any atom is -0.484 e. The molecule has 1 fully saturated rings. The first kappa shape index (κ1) is 11.1. The van der Waals surface area contributed by atoms with Gasteiger partial charge in [0.15, 0.2) is 0 Å². The van der Waals surface area contributed by atoms with E-state index in [4.69, 9.17) is 9.47 Å². The van der Waals surface area contributed by atoms with E-state index in [1.807, 2.05) is 32.0 Å². The van der Waals surface area contributed by atoms with Crippen LogP contribution in [0.3, 0.4) is 0 Å². The molecule has 1 aromatic rings. The highest BCUT2D eigenvalue weighted by Crippen LogP contribution is 2.45. The van der Waals surface area contributed by atoms with Crippen molar-refractivity contribution >= 4 is 0 Å². The average molecular weight is 234 g/mol. The van der Waals surface area contributed by atoms with E-state index >= 15 is 0 Å². The molecule has 3 unspecified atom stereocenters. The highest BCUT2D eigenvalue weighted by Gasteiger charge is 2.48. The minimum absolute atomic E-state index is 0.0478. The predicted octanol–water partition coefficient (Wildman–Crippen LogP) is 2.36. The van der Waals surface area contributed by atoms with Crippen LogP contribution in [0, 0.1) is 6.92 Å². The van der Waals surface area contributed by atoms with E-state index in [9.17, 15) is 5.11 Å². The molecule has 3 atom stereocenters. The summed E-state index contributed by atoms with van der Waals surface area (Å²) in [5.74, 6) is 0.812. The van der Waals surface area contributed by atoms with Crippen molar-refractivity contribution in [1.82, 2.24) is 0 Å². The summed E-state index contributed by atoms with van der Waals surface area (Å²) in [4.78, 5) is 0. The lowest BCUT2D eigenvalue weighted by molar-refractivity contribution is -0.0565. The molecule has 1 N–H and O–H groups in total. The van der Waals surface area contributed by atoms with Crippen LogP contribution in [-0.4, -0.2) is 23.4 Å². The molecule has 17 heavy (non-hydrogen) atoms. The molecule has 0 saturated carbocycles. The van der Waals surface area contributed by atoms with Gasteiger partial charge in [-0.1, -0.05) is 11.6 Å². The van der Waals surface area contributed by atoms with Crippen LogP contribution in [0.2, 0.25) is 0 Å². The summed E-state index contributed by atoms with van der Waals surface area (Å²) in [5.41, 5.74) is 1.73. The van der Waals surface area contributed by atoms with Gasteiger partial charge in [0, 0.05) is 18.4 Å². The number of aliphatic hydroxyl groups is 1. The van der Waals surface area contributed by atoms with Crippen LogP contribution < -0.4 is 4.74 Å². The zero-order chi connectivity index (χ0) is 12.0. The van der Waals surface area contributed by atoms with Crippen LogP contribution in [0.4, 0.5) is 0 Å². The fraction of sp³-hybridized carbons (Fsp3) is 0.571. The molecule has 2 aliphatic rings. The number of hydrogen-bond donors (Lipinski definition) is 1. The normalized spacial score (nSPS) is 35.7. The van der Waals surface area contributed by atoms with Gasteiger partial charge in [-0.3, -0.25) is 0 Å². The maximum Gasteiger partial charge on any atom is 0.140 e. The molecular weight excluding hydrogens is 216 g/mol. The van der Waals surface area contributed by atoms with E-state index in [0.717, 1.165) is 29.9 Å². The van der Waals surface area contributed by atoms with Gasteiger partial charge >= 0.3 is 0 Å². The van der Waals surface area contributed by atoms with E-state index in [0.29, 0.717) is 6.42 Å². The summed E-state index contributed by atoms with van der Waals surface area (Å²) in [7, 11) is 0. The van der Waals surface area contributed by atoms with Crippen LogP contribution in [0.25, 0.3) is 0 Å². The van der Waals surface area contributed by atoms with E-state index in [-0.39, 0.29) is 11.7 Å². The van der Waals surface area contributed by atoms with Crippen molar-refractivity contribution in [3.05, 3.63) is 29.3 Å². The SMILES string of the molecule is Cc1ccc2c(c1)C(O)CC1(CCOC1C)O2. The zero-order valence-corrected chi connectivity index (χ0v) is 10.3. The third-order valence-electron chi connectivity index (χ3n) is 4.01. The largest absolute Gasteiger partial charge is 0.484 e. The molecule has 1 saturated heterocycles. The van der Waals surface area contributed by atoms with Gasteiger partial charge in [-0.25, -0.2) is 0 Å². The van der Waals surface area contributed by atoms with Crippen molar-refractivity contribution in [3.8, 4) is 5.75 Å². The lowest BCUT2D eigenvalue weighted by Gasteiger charge is -2.40. The number of benzene rings is 1. The number of hydrogen-bond acceptors (Lipinski definition) is 3. The van der Waals surface area contributed by atoms with Crippen molar-refractivity contribution < 1.29 is 14.6 Å². The molecular formula is C14H18O3. The Morgan fingerprint density at radius 3 is 2.94 bits per heavy atom. The Balaban J connectivity index is 2.01. The van der Waals surface area contributed by atoms with Gasteiger partial charge in [0.1, 0.15) is 11.4 Å². The van der Waals surface area contributed by atoms with Gasteiger partial charge in [-0.05, 0) is 26.0 Å². The summed E-state index contributed by atoms with van der Waals surface area (Å²) >= 11 is 0. The Bertz CT molecular complexity index is 443. The van der Waals surface area contributed by atoms with E-state index in [2.05, 4.69) is 0 Å². The zero-order valence-electron chi connectivity index (χ0n) is 10.3. The Kier molecular flexibility index (Phi) is 2.42. The number of ether oxygens (including phenoxy) is 2. The Morgan fingerprint density at radius 2 is 2.24 bits per heavy atom. The highest BCUT2D eigenvalue weighted by atomic mass is 16.6. The molecule has 1 spiro atoms. The van der Waals surface area contributed by atoms with Crippen LogP contribution >= 0.6 is 0 Å². The lowest BCUT2D eigenvalue weighted by Crippen LogP contribution is -2.46. The molecule has 0 amide bonds. The number of rotatable bonds is 0. The second kappa shape index (κ2) is 3.72. The second-order valence-corrected chi connectivity index (χ2v) is 5.19. The Hall–Kier alpha value is -1.06. The minimum atomic E-state index is -0.442. The molecule has 2 aliphatic heterocycles. The lowest BCUT2D eigenvalue weighted by atomic mass is 9.84. The number of aliphatic hydroxyl groups excluding tert-OH is 1. The van der Waals surface area contributed by atoms with Crippen molar-refractivity contribution in [2.75, 3.05) is 6.61 Å². The van der Waals surface area contributed by atoms with Crippen LogP contribution in [0.1, 0.15) is 37.0 Å². The quantitative estimate of drug-likeness (QED) is 0.749. The summed E-state index contributed by atoms with van der Waals surface area (Å²) in [5, 5.41) is 10.3. The Morgan fingerprint density at radius 1 is 1.41 bits per heavy atom. The van der Waals surface area contributed by atoms with E-state index in [1.165, 1.54) is 0 Å². The van der Waals surface area contributed by atoms with Crippen molar-refractivity contribution in [2.45, 2.75) is 44.5 Å². The van der Waals surface area contributed by atoms with Crippen molar-refractivity contribution in [2.24, 2.45) is 0 Å². The molecule has 3 heteroatoms. The van der Waals surface area contributed by atoms with Crippen LogP contribution in [0.5, 0.6) is 5.75 Å². The fourth-order valence-corrected chi connectivity index (χ4v) is 2.88. The maximum atomic E-state index is 10.3. The van der Waals surface area contributed by atoms with E-state index < -0.39 is 6.10 Å². The third kappa shape index (κ3) is 1.65. The van der Waals surface area contributed by atoms with Gasteiger partial charge in [0.25, 0.3) is 0 Å². The van der Waals surface area contributed by atoms with Crippen molar-refractivity contribution in [3.63, 3.8) is 0 Å². The average Bonchev–Trinajstić information content (AvgIpc) is 2.62. The van der Waals surface area contributed by atoms with Gasteiger partial charge in [0.2, 0.25) is 0 Å². The van der Waals surface area contributed by atoms with Gasteiger partial charge < -0.3 is 14.6 Å². The Labute approximate surface area is 101 Å². The molecule has 0 aromatic heterocycles. The first-order valence-corrected chi connectivity index (χ1v) is 6.20. The molecule has 0 aliphatic carbocycles. The summed E-state index contributed by atoms with van der Waals surface area (Å²) in [6, 6.07) is 5.98. The third-order valence-corrected chi connectivity index (χ3v) is 4.01. The van der Waals surface area contributed by atoms with Crippen LogP contribution in [-0.2, 0) is 4.74 Å². The summed E-state index contributed by atoms with van der Waals surface area (Å²) in [6.07, 6.45) is 1.10. The second-order valence-electron chi connectivity index (χ2n) is 5.19. The summed E-state index contributed by atoms with van der Waals surface area (Å²) in [6.45, 7) is 4.77. The number of fused-ring (bicyclic) bond motifs is 1. The smallest absolute Gasteiger partial charge is 0.140 e. The molecule has 0 radical (unpaired) electrons. The van der Waals surface area contributed by atoms with E-state index in [1.54, 1.807) is 0 Å². The topological polar surface area (TPSA) is 38.7 Å². The van der Waals surface area contributed by atoms with Gasteiger partial charge in [-0.15, -0.1) is 0 Å². The molecule has 0 bridgehead atoms. The van der Waals surface area contributed by atoms with Crippen molar-refractivity contribution in [1.29, 1.82) is 0 Å². The highest BCUT2D eigenvalue weighted by molar-refractivity contribution is 5.41. The standard InChI is InChI=1S/C14H18O3/c1-9-3-4-13-11(7-9)12(15)8-14(17-13)5-6-16-10(14)2/h3-4,7,10,12,15H,5-6,8H2,1-2H3. The van der Waals surface area contributed by atoms with Gasteiger partial charge in [0.05, 0.1) is 18.8 Å². The first-order valence-electron chi connectivity index (χ1n) is 6.20. The number of aryl methyl sites for hydroxylation is 1. The first-order chi connectivity index (χ1) is 8.11. The maximum absolute atomic E-state index is 10.3. The van der Waals surface area contributed by atoms with Crippen LogP contribution in [0.15, 0.2) is 18.2 Å². The molecule has 1 aromatic carbocycles. The molecule has 92 valence electrons. The fourth-order valence-electron chi connectivity index (χ4n) is 2.88.